The van der Waals surface area contributed by atoms with Crippen LogP contribution in [0.4, 0.5) is 17.6 Å². The standard InChI is InChI=1S/C6HBrClF4NO/c7-5-4(14-6(10,11)12)2(8)1-3(9)13-5/h1H. The van der Waals surface area contributed by atoms with E-state index in [-0.39, 0.29) is 0 Å². The molecule has 0 unspecified atom stereocenters. The van der Waals surface area contributed by atoms with Gasteiger partial charge in [-0.05, 0) is 15.9 Å². The van der Waals surface area contributed by atoms with Gasteiger partial charge in [-0.1, -0.05) is 11.6 Å². The highest BCUT2D eigenvalue weighted by Gasteiger charge is 2.33. The van der Waals surface area contributed by atoms with Crippen LogP contribution in [0.1, 0.15) is 0 Å². The number of nitrogens with zero attached hydrogens (tertiary/aromatic N) is 1. The van der Waals surface area contributed by atoms with Crippen molar-refractivity contribution in [2.45, 2.75) is 6.36 Å². The van der Waals surface area contributed by atoms with E-state index in [0.717, 1.165) is 0 Å². The average molecular weight is 294 g/mol. The molecule has 0 aliphatic carbocycles. The lowest BCUT2D eigenvalue weighted by Gasteiger charge is -2.10. The third kappa shape index (κ3) is 2.98. The van der Waals surface area contributed by atoms with Crippen molar-refractivity contribution in [3.63, 3.8) is 0 Å². The van der Waals surface area contributed by atoms with Gasteiger partial charge in [0.2, 0.25) is 5.95 Å². The summed E-state index contributed by atoms with van der Waals surface area (Å²) in [5, 5.41) is -0.512. The molecule has 0 saturated heterocycles. The predicted molar refractivity (Wildman–Crippen MR) is 43.6 cm³/mol. The van der Waals surface area contributed by atoms with Gasteiger partial charge in [0.15, 0.2) is 10.4 Å². The summed E-state index contributed by atoms with van der Waals surface area (Å²) < 4.78 is 50.9. The Morgan fingerprint density at radius 1 is 1.43 bits per heavy atom. The molecular weight excluding hydrogens is 293 g/mol. The van der Waals surface area contributed by atoms with E-state index < -0.39 is 27.7 Å². The van der Waals surface area contributed by atoms with Crippen molar-refractivity contribution in [3.05, 3.63) is 21.6 Å². The first-order valence-electron chi connectivity index (χ1n) is 3.07. The molecule has 0 aliphatic rings. The van der Waals surface area contributed by atoms with E-state index in [2.05, 4.69) is 25.7 Å². The predicted octanol–water partition coefficient (Wildman–Crippen LogP) is 3.54. The molecule has 0 amide bonds. The summed E-state index contributed by atoms with van der Waals surface area (Å²) in [6, 6.07) is 0.618. The van der Waals surface area contributed by atoms with Crippen molar-refractivity contribution in [3.8, 4) is 5.75 Å². The van der Waals surface area contributed by atoms with Gasteiger partial charge in [0.1, 0.15) is 0 Å². The molecule has 1 aromatic heterocycles. The first-order chi connectivity index (χ1) is 6.29. The monoisotopic (exact) mass is 293 g/mol. The Morgan fingerprint density at radius 2 is 2.00 bits per heavy atom. The number of alkyl halides is 3. The lowest BCUT2D eigenvalue weighted by atomic mass is 10.4. The van der Waals surface area contributed by atoms with Crippen LogP contribution < -0.4 is 4.74 Å². The summed E-state index contributed by atoms with van der Waals surface area (Å²) in [7, 11) is 0. The molecule has 0 spiro atoms. The van der Waals surface area contributed by atoms with Crippen molar-refractivity contribution >= 4 is 27.5 Å². The molecule has 0 radical (unpaired) electrons. The van der Waals surface area contributed by atoms with Gasteiger partial charge in [0.25, 0.3) is 0 Å². The molecule has 0 bridgehead atoms. The SMILES string of the molecule is Fc1cc(Cl)c(OC(F)(F)F)c(Br)n1. The number of aromatic nitrogens is 1. The van der Waals surface area contributed by atoms with E-state index in [1.54, 1.807) is 0 Å². The maximum absolute atomic E-state index is 12.5. The Morgan fingerprint density at radius 3 is 2.43 bits per heavy atom. The first kappa shape index (κ1) is 11.5. The summed E-state index contributed by atoms with van der Waals surface area (Å²) in [6.07, 6.45) is -4.90. The van der Waals surface area contributed by atoms with Crippen LogP contribution in [0.3, 0.4) is 0 Å². The maximum Gasteiger partial charge on any atom is 0.573 e. The van der Waals surface area contributed by atoms with Crippen LogP contribution in [-0.4, -0.2) is 11.3 Å². The van der Waals surface area contributed by atoms with E-state index in [9.17, 15) is 17.6 Å². The molecule has 8 heteroatoms. The minimum atomic E-state index is -4.90. The fourth-order valence-electron chi connectivity index (χ4n) is 0.652. The van der Waals surface area contributed by atoms with Gasteiger partial charge >= 0.3 is 6.36 Å². The zero-order chi connectivity index (χ0) is 10.9. The quantitative estimate of drug-likeness (QED) is 0.584. The Hall–Kier alpha value is -0.560. The highest BCUT2D eigenvalue weighted by Crippen LogP contribution is 2.35. The van der Waals surface area contributed by atoms with Crippen LogP contribution in [0.2, 0.25) is 5.02 Å². The second-order valence-corrected chi connectivity index (χ2v) is 3.25. The molecule has 1 heterocycles. The second kappa shape index (κ2) is 3.90. The molecular formula is C6HBrClF4NO. The number of halogens is 6. The maximum atomic E-state index is 12.5. The summed E-state index contributed by atoms with van der Waals surface area (Å²) in [5.41, 5.74) is 0. The smallest absolute Gasteiger partial charge is 0.401 e. The van der Waals surface area contributed by atoms with Crippen LogP contribution >= 0.6 is 27.5 Å². The van der Waals surface area contributed by atoms with Crippen molar-refractivity contribution < 1.29 is 22.3 Å². The fourth-order valence-corrected chi connectivity index (χ4v) is 1.45. The molecule has 0 aliphatic heterocycles. The van der Waals surface area contributed by atoms with E-state index in [1.807, 2.05) is 0 Å². The van der Waals surface area contributed by atoms with Gasteiger partial charge in [0, 0.05) is 6.07 Å². The molecule has 0 N–H and O–H groups in total. The third-order valence-corrected chi connectivity index (χ3v) is 1.89. The van der Waals surface area contributed by atoms with Gasteiger partial charge in [-0.15, -0.1) is 13.2 Å². The Bertz CT molecular complexity index is 333. The fraction of sp³-hybridized carbons (Fsp3) is 0.167. The van der Waals surface area contributed by atoms with Crippen LogP contribution in [-0.2, 0) is 0 Å². The van der Waals surface area contributed by atoms with Gasteiger partial charge in [-0.3, -0.25) is 0 Å². The minimum Gasteiger partial charge on any atom is -0.401 e. The lowest BCUT2D eigenvalue weighted by Crippen LogP contribution is -2.18. The zero-order valence-corrected chi connectivity index (χ0v) is 8.54. The van der Waals surface area contributed by atoms with Crippen LogP contribution in [0.25, 0.3) is 0 Å². The minimum absolute atomic E-state index is 0.445. The number of ether oxygens (including phenoxy) is 1. The summed E-state index contributed by atoms with van der Waals surface area (Å²) in [5.74, 6) is -1.77. The topological polar surface area (TPSA) is 22.1 Å². The Kier molecular flexibility index (Phi) is 3.20. The van der Waals surface area contributed by atoms with E-state index in [0.29, 0.717) is 6.07 Å². The number of hydrogen-bond donors (Lipinski definition) is 0. The van der Waals surface area contributed by atoms with E-state index >= 15 is 0 Å². The van der Waals surface area contributed by atoms with Crippen molar-refractivity contribution in [2.75, 3.05) is 0 Å². The molecule has 0 saturated carbocycles. The molecule has 78 valence electrons. The summed E-state index contributed by atoms with van der Waals surface area (Å²) >= 11 is 7.90. The van der Waals surface area contributed by atoms with Gasteiger partial charge in [0.05, 0.1) is 5.02 Å². The number of hydrogen-bond acceptors (Lipinski definition) is 2. The number of rotatable bonds is 1. The molecule has 0 atom stereocenters. The molecule has 1 aromatic rings. The third-order valence-electron chi connectivity index (χ3n) is 1.07. The molecule has 1 rings (SSSR count). The van der Waals surface area contributed by atoms with E-state index in [4.69, 9.17) is 11.6 Å². The van der Waals surface area contributed by atoms with E-state index in [1.165, 1.54) is 0 Å². The zero-order valence-electron chi connectivity index (χ0n) is 6.20. The summed E-state index contributed by atoms with van der Waals surface area (Å²) in [4.78, 5) is 3.06. The Labute approximate surface area is 89.0 Å². The lowest BCUT2D eigenvalue weighted by molar-refractivity contribution is -0.275. The van der Waals surface area contributed by atoms with Gasteiger partial charge < -0.3 is 4.74 Å². The molecule has 0 fully saturated rings. The van der Waals surface area contributed by atoms with Crippen LogP contribution in [0, 0.1) is 5.95 Å². The Balaban J connectivity index is 3.09. The molecule has 2 nitrogen and oxygen atoms in total. The number of pyridine rings is 1. The second-order valence-electron chi connectivity index (χ2n) is 2.09. The van der Waals surface area contributed by atoms with Crippen LogP contribution in [0.5, 0.6) is 5.75 Å². The largest absolute Gasteiger partial charge is 0.573 e. The van der Waals surface area contributed by atoms with Gasteiger partial charge in [-0.25, -0.2) is 4.98 Å². The summed E-state index contributed by atoms with van der Waals surface area (Å²) in [6.45, 7) is 0. The normalized spacial score (nSPS) is 11.6. The van der Waals surface area contributed by atoms with Crippen molar-refractivity contribution in [1.29, 1.82) is 0 Å². The van der Waals surface area contributed by atoms with Crippen molar-refractivity contribution in [2.24, 2.45) is 0 Å². The molecule has 0 aromatic carbocycles. The van der Waals surface area contributed by atoms with Crippen LogP contribution in [0.15, 0.2) is 10.7 Å². The highest BCUT2D eigenvalue weighted by atomic mass is 79.9. The van der Waals surface area contributed by atoms with Gasteiger partial charge in [-0.2, -0.15) is 4.39 Å². The highest BCUT2D eigenvalue weighted by molar-refractivity contribution is 9.10. The van der Waals surface area contributed by atoms with Crippen molar-refractivity contribution in [1.82, 2.24) is 4.98 Å². The first-order valence-corrected chi connectivity index (χ1v) is 4.24. The average Bonchev–Trinajstić information content (AvgIpc) is 1.95. The molecule has 14 heavy (non-hydrogen) atoms.